The van der Waals surface area contributed by atoms with Crippen molar-refractivity contribution in [2.24, 2.45) is 11.7 Å². The predicted octanol–water partition coefficient (Wildman–Crippen LogP) is 3.16. The van der Waals surface area contributed by atoms with E-state index in [9.17, 15) is 4.39 Å². The first-order valence-electron chi connectivity index (χ1n) is 8.39. The molecule has 0 fully saturated rings. The molecular weight excluding hydrogens is 317 g/mol. The van der Waals surface area contributed by atoms with Gasteiger partial charge in [0.15, 0.2) is 5.65 Å². The van der Waals surface area contributed by atoms with E-state index in [4.69, 9.17) is 11.5 Å². The van der Waals surface area contributed by atoms with Gasteiger partial charge < -0.3 is 16.5 Å². The van der Waals surface area contributed by atoms with Crippen LogP contribution in [0.3, 0.4) is 0 Å². The molecule has 2 heterocycles. The van der Waals surface area contributed by atoms with Crippen LogP contribution in [0.5, 0.6) is 0 Å². The van der Waals surface area contributed by atoms with Crippen molar-refractivity contribution in [2.75, 3.05) is 12.3 Å². The number of nitrogens with two attached hydrogens (primary N) is 2. The van der Waals surface area contributed by atoms with Crippen LogP contribution in [0, 0.1) is 5.92 Å². The van der Waals surface area contributed by atoms with Crippen LogP contribution < -0.4 is 11.5 Å². The lowest BCUT2D eigenvalue weighted by Crippen LogP contribution is -2.27. The molecule has 0 aliphatic heterocycles. The van der Waals surface area contributed by atoms with Gasteiger partial charge in [0.1, 0.15) is 12.0 Å². The number of rotatable bonds is 3. The van der Waals surface area contributed by atoms with Gasteiger partial charge in [0.25, 0.3) is 0 Å². The number of fused-ring (bicyclic) bond motifs is 1. The first kappa shape index (κ1) is 15.8. The number of alkyl halides is 1. The van der Waals surface area contributed by atoms with Crippen LogP contribution in [0.15, 0.2) is 48.7 Å². The van der Waals surface area contributed by atoms with E-state index in [1.54, 1.807) is 6.20 Å². The van der Waals surface area contributed by atoms with Gasteiger partial charge in [-0.2, -0.15) is 0 Å². The summed E-state index contributed by atoms with van der Waals surface area (Å²) in [6.45, 7) is 0.331. The van der Waals surface area contributed by atoms with E-state index in [0.29, 0.717) is 30.1 Å². The number of benzene rings is 1. The summed E-state index contributed by atoms with van der Waals surface area (Å²) in [7, 11) is 0. The zero-order chi connectivity index (χ0) is 17.4. The molecule has 1 aliphatic rings. The van der Waals surface area contributed by atoms with E-state index in [2.05, 4.69) is 15.0 Å². The summed E-state index contributed by atoms with van der Waals surface area (Å²) in [6, 6.07) is 9.46. The molecule has 0 saturated carbocycles. The van der Waals surface area contributed by atoms with Crippen molar-refractivity contribution >= 4 is 16.9 Å². The SMILES string of the molecule is NCC1C=CC(c2ccnc3nc(-c4ccccc4N)[nH]c23)CC1F. The molecular formula is C19H20FN5. The summed E-state index contributed by atoms with van der Waals surface area (Å²) in [5, 5.41) is 0. The second kappa shape index (κ2) is 6.29. The monoisotopic (exact) mass is 337 g/mol. The van der Waals surface area contributed by atoms with Crippen molar-refractivity contribution in [1.29, 1.82) is 0 Å². The zero-order valence-corrected chi connectivity index (χ0v) is 13.7. The minimum Gasteiger partial charge on any atom is -0.398 e. The number of aromatic nitrogens is 3. The molecule has 6 heteroatoms. The number of anilines is 1. The Morgan fingerprint density at radius 3 is 2.80 bits per heavy atom. The quantitative estimate of drug-likeness (QED) is 0.505. The van der Waals surface area contributed by atoms with Gasteiger partial charge in [-0.05, 0) is 30.2 Å². The molecule has 0 radical (unpaired) electrons. The lowest BCUT2D eigenvalue weighted by Gasteiger charge is -2.26. The highest BCUT2D eigenvalue weighted by Crippen LogP contribution is 2.35. The van der Waals surface area contributed by atoms with E-state index in [-0.39, 0.29) is 11.8 Å². The molecule has 1 aliphatic carbocycles. The molecule has 25 heavy (non-hydrogen) atoms. The summed E-state index contributed by atoms with van der Waals surface area (Å²) in [5.74, 6) is 0.448. The molecule has 0 spiro atoms. The van der Waals surface area contributed by atoms with Crippen LogP contribution in [0.2, 0.25) is 0 Å². The van der Waals surface area contributed by atoms with Crippen LogP contribution in [0.25, 0.3) is 22.6 Å². The van der Waals surface area contributed by atoms with E-state index < -0.39 is 6.17 Å². The largest absolute Gasteiger partial charge is 0.398 e. The molecule has 1 aromatic carbocycles. The smallest absolute Gasteiger partial charge is 0.178 e. The minimum atomic E-state index is -0.935. The fourth-order valence-corrected chi connectivity index (χ4v) is 3.43. The Hall–Kier alpha value is -2.73. The van der Waals surface area contributed by atoms with E-state index in [0.717, 1.165) is 16.6 Å². The lowest BCUT2D eigenvalue weighted by molar-refractivity contribution is 0.234. The fraction of sp³-hybridized carbons (Fsp3) is 0.263. The molecule has 5 N–H and O–H groups in total. The average molecular weight is 337 g/mol. The number of pyridine rings is 1. The van der Waals surface area contributed by atoms with Crippen molar-refractivity contribution < 1.29 is 4.39 Å². The van der Waals surface area contributed by atoms with Crippen molar-refractivity contribution in [1.82, 2.24) is 15.0 Å². The number of H-pyrrole nitrogens is 1. The highest BCUT2D eigenvalue weighted by molar-refractivity contribution is 5.82. The van der Waals surface area contributed by atoms with E-state index >= 15 is 0 Å². The van der Waals surface area contributed by atoms with Gasteiger partial charge >= 0.3 is 0 Å². The van der Waals surface area contributed by atoms with Crippen molar-refractivity contribution in [3.63, 3.8) is 0 Å². The summed E-state index contributed by atoms with van der Waals surface area (Å²) in [5.41, 5.74) is 15.6. The third-order valence-electron chi connectivity index (χ3n) is 4.85. The zero-order valence-electron chi connectivity index (χ0n) is 13.7. The number of imidazole rings is 1. The Kier molecular flexibility index (Phi) is 3.97. The topological polar surface area (TPSA) is 93.6 Å². The van der Waals surface area contributed by atoms with E-state index in [1.807, 2.05) is 42.5 Å². The molecule has 0 saturated heterocycles. The molecule has 3 aromatic rings. The number of halogens is 1. The van der Waals surface area contributed by atoms with Crippen LogP contribution in [-0.2, 0) is 0 Å². The number of allylic oxidation sites excluding steroid dienone is 1. The summed E-state index contributed by atoms with van der Waals surface area (Å²) in [4.78, 5) is 12.2. The first-order chi connectivity index (χ1) is 12.2. The Morgan fingerprint density at radius 1 is 1.20 bits per heavy atom. The highest BCUT2D eigenvalue weighted by atomic mass is 19.1. The van der Waals surface area contributed by atoms with Gasteiger partial charge in [-0.1, -0.05) is 24.3 Å². The fourth-order valence-electron chi connectivity index (χ4n) is 3.43. The summed E-state index contributed by atoms with van der Waals surface area (Å²) >= 11 is 0. The van der Waals surface area contributed by atoms with Gasteiger partial charge in [0.2, 0.25) is 0 Å². The number of nitrogens with one attached hydrogen (secondary N) is 1. The predicted molar refractivity (Wildman–Crippen MR) is 97.7 cm³/mol. The normalized spacial score (nSPS) is 23.2. The Bertz CT molecular complexity index is 932. The third-order valence-corrected chi connectivity index (χ3v) is 4.85. The van der Waals surface area contributed by atoms with Crippen LogP contribution in [0.4, 0.5) is 10.1 Å². The van der Waals surface area contributed by atoms with Gasteiger partial charge in [-0.25, -0.2) is 14.4 Å². The molecule has 3 unspecified atom stereocenters. The average Bonchev–Trinajstić information content (AvgIpc) is 3.06. The van der Waals surface area contributed by atoms with Crippen LogP contribution >= 0.6 is 0 Å². The molecule has 0 amide bonds. The number of hydrogen-bond acceptors (Lipinski definition) is 4. The highest BCUT2D eigenvalue weighted by Gasteiger charge is 2.27. The van der Waals surface area contributed by atoms with Crippen molar-refractivity contribution in [2.45, 2.75) is 18.5 Å². The number of hydrogen-bond donors (Lipinski definition) is 3. The van der Waals surface area contributed by atoms with Crippen molar-refractivity contribution in [3.05, 3.63) is 54.2 Å². The first-order valence-corrected chi connectivity index (χ1v) is 8.39. The number of nitrogens with zero attached hydrogens (tertiary/aromatic N) is 2. The van der Waals surface area contributed by atoms with E-state index in [1.165, 1.54) is 0 Å². The summed E-state index contributed by atoms with van der Waals surface area (Å²) in [6.07, 6.45) is 5.12. The molecule has 0 bridgehead atoms. The minimum absolute atomic E-state index is 0.0234. The summed E-state index contributed by atoms with van der Waals surface area (Å²) < 4.78 is 14.3. The lowest BCUT2D eigenvalue weighted by atomic mass is 9.83. The second-order valence-electron chi connectivity index (χ2n) is 6.41. The Labute approximate surface area is 145 Å². The molecule has 5 nitrogen and oxygen atoms in total. The standard InChI is InChI=1S/C19H20FN5/c20-15-9-11(5-6-12(15)10-21)13-7-8-23-19-17(13)24-18(25-19)14-3-1-2-4-16(14)22/h1-8,11-12,15H,9-10,21-22H2,(H,23,24,25). The number of para-hydroxylation sites is 1. The van der Waals surface area contributed by atoms with Crippen molar-refractivity contribution in [3.8, 4) is 11.4 Å². The van der Waals surface area contributed by atoms with Gasteiger partial charge in [0, 0.05) is 35.8 Å². The van der Waals surface area contributed by atoms with Gasteiger partial charge in [-0.3, -0.25) is 0 Å². The van der Waals surface area contributed by atoms with Gasteiger partial charge in [-0.15, -0.1) is 0 Å². The number of aromatic amines is 1. The maximum absolute atomic E-state index is 14.3. The maximum Gasteiger partial charge on any atom is 0.178 e. The third kappa shape index (κ3) is 2.78. The Balaban J connectivity index is 1.78. The Morgan fingerprint density at radius 2 is 2.04 bits per heavy atom. The number of nitrogen functional groups attached to an aromatic ring is 1. The second-order valence-corrected chi connectivity index (χ2v) is 6.41. The van der Waals surface area contributed by atoms with Crippen LogP contribution in [0.1, 0.15) is 17.9 Å². The molecule has 2 aromatic heterocycles. The maximum atomic E-state index is 14.3. The van der Waals surface area contributed by atoms with Crippen LogP contribution in [-0.4, -0.2) is 27.7 Å². The molecule has 3 atom stereocenters. The van der Waals surface area contributed by atoms with Gasteiger partial charge in [0.05, 0.1) is 5.52 Å². The molecule has 128 valence electrons. The molecule has 4 rings (SSSR count).